The molecule has 2 aliphatic heterocycles. The van der Waals surface area contributed by atoms with E-state index in [-0.39, 0.29) is 12.5 Å². The van der Waals surface area contributed by atoms with E-state index < -0.39 is 23.9 Å². The summed E-state index contributed by atoms with van der Waals surface area (Å²) in [4.78, 5) is 39.5. The molecule has 0 saturated carbocycles. The lowest BCUT2D eigenvalue weighted by molar-refractivity contribution is -0.123. The first kappa shape index (κ1) is 19.8. The number of imide groups is 1. The molecule has 1 N–H and O–H groups in total. The number of carbonyl (C=O) groups excluding carboxylic acids is 3. The molecular weight excluding hydrogens is 382 g/mol. The Labute approximate surface area is 174 Å². The Morgan fingerprint density at radius 1 is 1.03 bits per heavy atom. The second-order valence-corrected chi connectivity index (χ2v) is 7.65. The third kappa shape index (κ3) is 3.56. The molecule has 30 heavy (non-hydrogen) atoms. The number of hydrogen-bond acceptors (Lipinski definition) is 6. The van der Waals surface area contributed by atoms with E-state index in [1.165, 1.54) is 10.6 Å². The van der Waals surface area contributed by atoms with Crippen LogP contribution in [0.3, 0.4) is 0 Å². The zero-order valence-corrected chi connectivity index (χ0v) is 17.1. The summed E-state index contributed by atoms with van der Waals surface area (Å²) in [5.41, 5.74) is 4.26. The summed E-state index contributed by atoms with van der Waals surface area (Å²) in [5, 5.41) is 12.0. The van der Waals surface area contributed by atoms with Crippen LogP contribution in [0.5, 0.6) is 0 Å². The van der Waals surface area contributed by atoms with Crippen molar-refractivity contribution in [2.45, 2.75) is 39.3 Å². The van der Waals surface area contributed by atoms with Gasteiger partial charge in [0.15, 0.2) is 12.1 Å². The molecule has 2 aromatic carbocycles. The van der Waals surface area contributed by atoms with E-state index in [0.29, 0.717) is 11.4 Å². The van der Waals surface area contributed by atoms with E-state index in [1.54, 1.807) is 12.1 Å². The number of nitrogens with one attached hydrogen (secondary N) is 1. The monoisotopic (exact) mass is 405 g/mol. The van der Waals surface area contributed by atoms with Gasteiger partial charge in [-0.3, -0.25) is 19.4 Å². The maximum atomic E-state index is 13.1. The lowest BCUT2D eigenvalue weighted by Gasteiger charge is -2.20. The molecule has 2 heterocycles. The van der Waals surface area contributed by atoms with Gasteiger partial charge in [0.1, 0.15) is 6.54 Å². The smallest absolute Gasteiger partial charge is 0.263 e. The highest BCUT2D eigenvalue weighted by molar-refractivity contribution is 6.25. The van der Waals surface area contributed by atoms with Crippen LogP contribution in [0.25, 0.3) is 0 Å². The molecule has 0 spiro atoms. The third-order valence-corrected chi connectivity index (χ3v) is 5.27. The molecule has 0 unspecified atom stereocenters. The summed E-state index contributed by atoms with van der Waals surface area (Å²) in [6.07, 6.45) is 0.915. The van der Waals surface area contributed by atoms with Crippen molar-refractivity contribution in [3.8, 4) is 0 Å². The molecule has 0 bridgehead atoms. The fraction of sp³-hybridized carbons (Fsp3) is 0.318. The highest BCUT2D eigenvalue weighted by atomic mass is 16.2. The summed E-state index contributed by atoms with van der Waals surface area (Å²) in [5.74, 6) is -1.17. The van der Waals surface area contributed by atoms with Crippen molar-refractivity contribution in [2.24, 2.45) is 10.3 Å². The number of carbonyl (C=O) groups is 3. The first-order valence-corrected chi connectivity index (χ1v) is 9.89. The van der Waals surface area contributed by atoms with E-state index in [2.05, 4.69) is 22.6 Å². The predicted octanol–water partition coefficient (Wildman–Crippen LogP) is 2.80. The Balaban J connectivity index is 1.48. The van der Waals surface area contributed by atoms with Crippen LogP contribution in [0.1, 0.15) is 23.6 Å². The molecule has 2 aromatic rings. The van der Waals surface area contributed by atoms with E-state index in [0.717, 1.165) is 22.4 Å². The molecule has 2 atom stereocenters. The summed E-state index contributed by atoms with van der Waals surface area (Å²) in [6, 6.07) is 11.3. The Kier molecular flexibility index (Phi) is 5.07. The minimum absolute atomic E-state index is 0.167. The lowest BCUT2D eigenvalue weighted by atomic mass is 10.1. The number of aryl methyl sites for hydroxylation is 3. The number of hydrogen-bond donors (Lipinski definition) is 1. The van der Waals surface area contributed by atoms with Crippen molar-refractivity contribution in [2.75, 3.05) is 16.8 Å². The quantitative estimate of drug-likeness (QED) is 0.774. The standard InChI is InChI=1S/C22H23N5O3/c1-4-15-5-7-16(8-6-15)23-18(28)12-26-20-19(24-25-26)21(29)27(22(20)30)17-10-13(2)9-14(3)11-17/h5-11,19-20H,4,12H2,1-3H3,(H,23,28)/t19-,20+/m0/s1. The number of fused-ring (bicyclic) bond motifs is 1. The van der Waals surface area contributed by atoms with Gasteiger partial charge in [-0.15, -0.1) is 0 Å². The highest BCUT2D eigenvalue weighted by Gasteiger charge is 2.55. The SMILES string of the molecule is CCc1ccc(NC(=O)CN2N=N[C@@H]3C(=O)N(c4cc(C)cc(C)c4)C(=O)[C@@H]32)cc1. The molecule has 8 nitrogen and oxygen atoms in total. The lowest BCUT2D eigenvalue weighted by Crippen LogP contribution is -2.43. The molecule has 3 amide bonds. The minimum Gasteiger partial charge on any atom is -0.324 e. The maximum Gasteiger partial charge on any atom is 0.263 e. The number of anilines is 2. The Bertz CT molecular complexity index is 1030. The second kappa shape index (κ2) is 7.70. The minimum atomic E-state index is -0.921. The van der Waals surface area contributed by atoms with Gasteiger partial charge in [-0.05, 0) is 61.2 Å². The molecule has 4 rings (SSSR count). The van der Waals surface area contributed by atoms with Gasteiger partial charge in [-0.25, -0.2) is 4.90 Å². The van der Waals surface area contributed by atoms with E-state index in [4.69, 9.17) is 0 Å². The third-order valence-electron chi connectivity index (χ3n) is 5.27. The van der Waals surface area contributed by atoms with Crippen LogP contribution in [-0.4, -0.2) is 41.4 Å². The van der Waals surface area contributed by atoms with Crippen LogP contribution in [0, 0.1) is 13.8 Å². The molecule has 8 heteroatoms. The summed E-state index contributed by atoms with van der Waals surface area (Å²) in [7, 11) is 0. The molecule has 1 saturated heterocycles. The fourth-order valence-electron chi connectivity index (χ4n) is 3.86. The largest absolute Gasteiger partial charge is 0.324 e. The van der Waals surface area contributed by atoms with Gasteiger partial charge >= 0.3 is 0 Å². The molecule has 154 valence electrons. The summed E-state index contributed by atoms with van der Waals surface area (Å²) in [6.45, 7) is 5.71. The van der Waals surface area contributed by atoms with E-state index in [9.17, 15) is 14.4 Å². The van der Waals surface area contributed by atoms with Crippen molar-refractivity contribution in [1.29, 1.82) is 0 Å². The van der Waals surface area contributed by atoms with Gasteiger partial charge in [0.25, 0.3) is 11.8 Å². The predicted molar refractivity (Wildman–Crippen MR) is 112 cm³/mol. The van der Waals surface area contributed by atoms with Crippen molar-refractivity contribution < 1.29 is 14.4 Å². The zero-order valence-electron chi connectivity index (χ0n) is 17.1. The van der Waals surface area contributed by atoms with Crippen molar-refractivity contribution in [3.63, 3.8) is 0 Å². The van der Waals surface area contributed by atoms with Crippen LogP contribution in [-0.2, 0) is 20.8 Å². The molecule has 0 radical (unpaired) electrons. The Morgan fingerprint density at radius 2 is 1.70 bits per heavy atom. The number of nitrogens with zero attached hydrogens (tertiary/aromatic N) is 4. The van der Waals surface area contributed by atoms with Crippen LogP contribution in [0.2, 0.25) is 0 Å². The molecule has 1 fully saturated rings. The molecule has 0 aliphatic carbocycles. The summed E-state index contributed by atoms with van der Waals surface area (Å²) >= 11 is 0. The van der Waals surface area contributed by atoms with Crippen LogP contribution in [0.4, 0.5) is 11.4 Å². The van der Waals surface area contributed by atoms with Crippen molar-refractivity contribution in [1.82, 2.24) is 5.01 Å². The maximum absolute atomic E-state index is 13.1. The average molecular weight is 405 g/mol. The number of rotatable bonds is 5. The van der Waals surface area contributed by atoms with Gasteiger partial charge < -0.3 is 5.32 Å². The van der Waals surface area contributed by atoms with Gasteiger partial charge in [0.05, 0.1) is 5.69 Å². The Hall–Kier alpha value is -3.55. The highest BCUT2D eigenvalue weighted by Crippen LogP contribution is 2.32. The van der Waals surface area contributed by atoms with E-state index in [1.807, 2.05) is 44.2 Å². The van der Waals surface area contributed by atoms with Gasteiger partial charge in [-0.2, -0.15) is 5.11 Å². The molecular formula is C22H23N5O3. The van der Waals surface area contributed by atoms with Crippen molar-refractivity contribution in [3.05, 3.63) is 59.2 Å². The van der Waals surface area contributed by atoms with Crippen LogP contribution in [0.15, 0.2) is 52.8 Å². The topological polar surface area (TPSA) is 94.4 Å². The van der Waals surface area contributed by atoms with Gasteiger partial charge in [-0.1, -0.05) is 30.3 Å². The molecule has 2 aliphatic rings. The van der Waals surface area contributed by atoms with Crippen LogP contribution < -0.4 is 10.2 Å². The summed E-state index contributed by atoms with van der Waals surface area (Å²) < 4.78 is 0. The fourth-order valence-corrected chi connectivity index (χ4v) is 3.86. The molecule has 0 aromatic heterocycles. The van der Waals surface area contributed by atoms with Crippen molar-refractivity contribution >= 4 is 29.1 Å². The first-order valence-electron chi connectivity index (χ1n) is 9.89. The average Bonchev–Trinajstić information content (AvgIpc) is 3.21. The normalized spacial score (nSPS) is 20.1. The van der Waals surface area contributed by atoms with E-state index >= 15 is 0 Å². The van der Waals surface area contributed by atoms with Gasteiger partial charge in [0.2, 0.25) is 5.91 Å². The number of benzene rings is 2. The first-order chi connectivity index (χ1) is 14.4. The van der Waals surface area contributed by atoms with Gasteiger partial charge in [0, 0.05) is 5.69 Å². The number of amides is 3. The Morgan fingerprint density at radius 3 is 2.33 bits per heavy atom. The zero-order chi connectivity index (χ0) is 21.4. The van der Waals surface area contributed by atoms with Crippen LogP contribution >= 0.6 is 0 Å². The second-order valence-electron chi connectivity index (χ2n) is 7.65.